The summed E-state index contributed by atoms with van der Waals surface area (Å²) in [6.45, 7) is 8.37. The molecule has 1 aliphatic heterocycles. The molecule has 0 bridgehead atoms. The Bertz CT molecular complexity index is 1310. The van der Waals surface area contributed by atoms with Crippen LogP contribution in [0.15, 0.2) is 53.4 Å². The highest BCUT2D eigenvalue weighted by molar-refractivity contribution is 7.89. The van der Waals surface area contributed by atoms with E-state index in [1.165, 1.54) is 35.7 Å². The van der Waals surface area contributed by atoms with Crippen LogP contribution in [0.2, 0.25) is 0 Å². The summed E-state index contributed by atoms with van der Waals surface area (Å²) >= 11 is 0. The molecule has 0 unspecified atom stereocenters. The molecule has 0 spiro atoms. The average molecular weight is 534 g/mol. The molecule has 2 heterocycles. The minimum atomic E-state index is -3.96. The second-order valence-electron chi connectivity index (χ2n) is 8.99. The van der Waals surface area contributed by atoms with Gasteiger partial charge in [-0.15, -0.1) is 0 Å². The van der Waals surface area contributed by atoms with E-state index in [-0.39, 0.29) is 30.4 Å². The van der Waals surface area contributed by atoms with E-state index in [1.54, 1.807) is 16.8 Å². The van der Waals surface area contributed by atoms with Crippen LogP contribution in [-0.2, 0) is 21.3 Å². The van der Waals surface area contributed by atoms with Gasteiger partial charge in [-0.2, -0.15) is 9.40 Å². The number of halogens is 2. The standard InChI is InChI=1S/C26H33F2N5O3S/c1-4-30-12-14-31(15-13-30)26-25(20(2)29-33(26)23-7-5-6-22(28)18-23)19-32(16-17-36-3)37(34,35)24-10-8-21(27)9-11-24/h5-11,18H,4,12-17,19H2,1-3H3. The minimum Gasteiger partial charge on any atom is -0.383 e. The van der Waals surface area contributed by atoms with Gasteiger partial charge in [-0.1, -0.05) is 13.0 Å². The maximum atomic E-state index is 14.2. The summed E-state index contributed by atoms with van der Waals surface area (Å²) in [5, 5.41) is 4.73. The average Bonchev–Trinajstić information content (AvgIpc) is 3.22. The first-order valence-electron chi connectivity index (χ1n) is 12.3. The summed E-state index contributed by atoms with van der Waals surface area (Å²) in [4.78, 5) is 4.53. The van der Waals surface area contributed by atoms with Gasteiger partial charge in [0.1, 0.15) is 17.5 Å². The van der Waals surface area contributed by atoms with Gasteiger partial charge in [0, 0.05) is 51.9 Å². The predicted octanol–water partition coefficient (Wildman–Crippen LogP) is 3.44. The maximum absolute atomic E-state index is 14.2. The van der Waals surface area contributed by atoms with Gasteiger partial charge in [-0.05, 0) is 55.9 Å². The van der Waals surface area contributed by atoms with Crippen LogP contribution in [0.5, 0.6) is 0 Å². The van der Waals surface area contributed by atoms with E-state index in [9.17, 15) is 17.2 Å². The van der Waals surface area contributed by atoms with E-state index in [0.29, 0.717) is 11.4 Å². The molecule has 0 radical (unpaired) electrons. The number of ether oxygens (including phenoxy) is 1. The van der Waals surface area contributed by atoms with Crippen molar-refractivity contribution in [3.63, 3.8) is 0 Å². The Hall–Kier alpha value is -2.86. The zero-order valence-electron chi connectivity index (χ0n) is 21.4. The number of piperazine rings is 1. The van der Waals surface area contributed by atoms with E-state index in [0.717, 1.165) is 56.2 Å². The number of sulfonamides is 1. The Morgan fingerprint density at radius 1 is 1.03 bits per heavy atom. The fourth-order valence-electron chi connectivity index (χ4n) is 4.53. The van der Waals surface area contributed by atoms with Crippen molar-refractivity contribution >= 4 is 15.8 Å². The van der Waals surface area contributed by atoms with Crippen molar-refractivity contribution in [3.8, 4) is 5.69 Å². The lowest BCUT2D eigenvalue weighted by Crippen LogP contribution is -2.47. The van der Waals surface area contributed by atoms with E-state index < -0.39 is 15.8 Å². The number of nitrogens with zero attached hydrogens (tertiary/aromatic N) is 5. The van der Waals surface area contributed by atoms with Gasteiger partial charge < -0.3 is 14.5 Å². The molecule has 11 heteroatoms. The molecule has 4 rings (SSSR count). The van der Waals surface area contributed by atoms with Crippen molar-refractivity contribution < 1.29 is 21.9 Å². The number of aryl methyl sites for hydroxylation is 1. The van der Waals surface area contributed by atoms with Gasteiger partial charge in [0.25, 0.3) is 0 Å². The molecule has 1 aliphatic rings. The molecule has 0 N–H and O–H groups in total. The van der Waals surface area contributed by atoms with Crippen molar-refractivity contribution in [1.29, 1.82) is 0 Å². The van der Waals surface area contributed by atoms with Crippen molar-refractivity contribution in [2.24, 2.45) is 0 Å². The number of aromatic nitrogens is 2. The number of benzene rings is 2. The number of methoxy groups -OCH3 is 1. The second-order valence-corrected chi connectivity index (χ2v) is 10.9. The number of likely N-dealkylation sites (N-methyl/N-ethyl adjacent to an activating group) is 1. The van der Waals surface area contributed by atoms with E-state index in [1.807, 2.05) is 6.92 Å². The third-order valence-corrected chi connectivity index (χ3v) is 8.52. The molecular weight excluding hydrogens is 500 g/mol. The first kappa shape index (κ1) is 27.2. The Kier molecular flexibility index (Phi) is 8.58. The molecular formula is C26H33F2N5O3S. The van der Waals surface area contributed by atoms with Crippen LogP contribution in [0, 0.1) is 18.6 Å². The molecule has 1 fully saturated rings. The number of hydrogen-bond acceptors (Lipinski definition) is 6. The Morgan fingerprint density at radius 3 is 2.35 bits per heavy atom. The van der Waals surface area contributed by atoms with Crippen LogP contribution in [0.25, 0.3) is 5.69 Å². The highest BCUT2D eigenvalue weighted by Gasteiger charge is 2.31. The van der Waals surface area contributed by atoms with Crippen molar-refractivity contribution in [3.05, 3.63) is 71.4 Å². The Morgan fingerprint density at radius 2 is 1.73 bits per heavy atom. The van der Waals surface area contributed by atoms with Crippen LogP contribution < -0.4 is 4.90 Å². The maximum Gasteiger partial charge on any atom is 0.243 e. The summed E-state index contributed by atoms with van der Waals surface area (Å²) in [7, 11) is -2.46. The molecule has 1 aromatic heterocycles. The zero-order valence-corrected chi connectivity index (χ0v) is 22.2. The van der Waals surface area contributed by atoms with Gasteiger partial charge >= 0.3 is 0 Å². The lowest BCUT2D eigenvalue weighted by atomic mass is 10.2. The Labute approximate surface area is 217 Å². The lowest BCUT2D eigenvalue weighted by Gasteiger charge is -2.36. The zero-order chi connectivity index (χ0) is 26.6. The predicted molar refractivity (Wildman–Crippen MR) is 138 cm³/mol. The highest BCUT2D eigenvalue weighted by Crippen LogP contribution is 2.31. The SMILES string of the molecule is CCN1CCN(c2c(CN(CCOC)S(=O)(=O)c3ccc(F)cc3)c(C)nn2-c2cccc(F)c2)CC1. The van der Waals surface area contributed by atoms with E-state index in [2.05, 4.69) is 16.7 Å². The summed E-state index contributed by atoms with van der Waals surface area (Å²) in [5.74, 6) is -0.145. The molecule has 2 aromatic carbocycles. The number of hydrogen-bond donors (Lipinski definition) is 0. The van der Waals surface area contributed by atoms with E-state index in [4.69, 9.17) is 9.84 Å². The molecule has 8 nitrogen and oxygen atoms in total. The van der Waals surface area contributed by atoms with Crippen molar-refractivity contribution in [2.45, 2.75) is 25.3 Å². The third-order valence-electron chi connectivity index (χ3n) is 6.66. The van der Waals surface area contributed by atoms with Gasteiger partial charge in [0.15, 0.2) is 0 Å². The molecule has 37 heavy (non-hydrogen) atoms. The number of anilines is 1. The van der Waals surface area contributed by atoms with Gasteiger partial charge in [-0.3, -0.25) is 0 Å². The summed E-state index contributed by atoms with van der Waals surface area (Å²) in [5.41, 5.74) is 1.94. The molecule has 0 aliphatic carbocycles. The van der Waals surface area contributed by atoms with Gasteiger partial charge in [0.2, 0.25) is 10.0 Å². The molecule has 0 amide bonds. The van der Waals surface area contributed by atoms with Crippen molar-refractivity contribution in [1.82, 2.24) is 19.0 Å². The van der Waals surface area contributed by atoms with Crippen LogP contribution in [0.3, 0.4) is 0 Å². The lowest BCUT2D eigenvalue weighted by molar-refractivity contribution is 0.177. The van der Waals surface area contributed by atoms with Crippen LogP contribution in [0.1, 0.15) is 18.2 Å². The smallest absolute Gasteiger partial charge is 0.243 e. The largest absolute Gasteiger partial charge is 0.383 e. The molecule has 200 valence electrons. The summed E-state index contributed by atoms with van der Waals surface area (Å²) in [6, 6.07) is 11.0. The molecule has 0 atom stereocenters. The first-order valence-corrected chi connectivity index (χ1v) is 13.7. The monoisotopic (exact) mass is 533 g/mol. The fraction of sp³-hybridized carbons (Fsp3) is 0.423. The number of rotatable bonds is 10. The van der Waals surface area contributed by atoms with E-state index >= 15 is 0 Å². The van der Waals surface area contributed by atoms with Gasteiger partial charge in [0.05, 0.1) is 22.9 Å². The summed E-state index contributed by atoms with van der Waals surface area (Å²) in [6.07, 6.45) is 0. The van der Waals surface area contributed by atoms with Crippen LogP contribution >= 0.6 is 0 Å². The second kappa shape index (κ2) is 11.7. The van der Waals surface area contributed by atoms with Crippen LogP contribution in [0.4, 0.5) is 14.6 Å². The third kappa shape index (κ3) is 6.01. The molecule has 0 saturated carbocycles. The van der Waals surface area contributed by atoms with Crippen molar-refractivity contribution in [2.75, 3.05) is 57.9 Å². The van der Waals surface area contributed by atoms with Gasteiger partial charge in [-0.25, -0.2) is 21.9 Å². The molecule has 1 saturated heterocycles. The Balaban J connectivity index is 1.78. The molecule has 3 aromatic rings. The highest BCUT2D eigenvalue weighted by atomic mass is 32.2. The normalized spacial score (nSPS) is 15.0. The first-order chi connectivity index (χ1) is 17.7. The summed E-state index contributed by atoms with van der Waals surface area (Å²) < 4.78 is 63.1. The quantitative estimate of drug-likeness (QED) is 0.398. The fourth-order valence-corrected chi connectivity index (χ4v) is 5.92. The van der Waals surface area contributed by atoms with Crippen LogP contribution in [-0.4, -0.2) is 80.4 Å². The minimum absolute atomic E-state index is 0.00158. The topological polar surface area (TPSA) is 70.9 Å².